The zero-order chi connectivity index (χ0) is 10.8. The van der Waals surface area contributed by atoms with Crippen molar-refractivity contribution in [2.45, 2.75) is 0 Å². The van der Waals surface area contributed by atoms with Gasteiger partial charge in [-0.3, -0.25) is 0 Å². The molecule has 15 heavy (non-hydrogen) atoms. The van der Waals surface area contributed by atoms with Crippen molar-refractivity contribution in [1.29, 1.82) is 0 Å². The van der Waals surface area contributed by atoms with Crippen molar-refractivity contribution >= 4 is 12.8 Å². The van der Waals surface area contributed by atoms with Crippen LogP contribution in [0.1, 0.15) is 0 Å². The van der Waals surface area contributed by atoms with Crippen LogP contribution in [0.25, 0.3) is 5.52 Å². The molecule has 2 N–H and O–H groups in total. The molecular weight excluding hydrogens is 201 g/mol. The van der Waals surface area contributed by atoms with E-state index >= 15 is 0 Å². The zero-order valence-corrected chi connectivity index (χ0v) is 7.86. The highest BCUT2D eigenvalue weighted by atomic mass is 16.6. The van der Waals surface area contributed by atoms with E-state index in [1.165, 1.54) is 24.0 Å². The van der Waals surface area contributed by atoms with Crippen LogP contribution in [0, 0.1) is 0 Å². The molecule has 2 heterocycles. The first-order valence-electron chi connectivity index (χ1n) is 4.11. The Morgan fingerprint density at radius 2 is 2.27 bits per heavy atom. The van der Waals surface area contributed by atoms with Gasteiger partial charge >= 0.3 is 7.32 Å². The molecule has 0 atom stereocenters. The average molecular weight is 209 g/mol. The minimum atomic E-state index is -1.89. The van der Waals surface area contributed by atoms with E-state index in [9.17, 15) is 0 Å². The Kier molecular flexibility index (Phi) is 2.44. The van der Waals surface area contributed by atoms with Crippen molar-refractivity contribution in [3.8, 4) is 11.6 Å². The van der Waals surface area contributed by atoms with E-state index in [0.717, 1.165) is 0 Å². The van der Waals surface area contributed by atoms with Crippen LogP contribution < -0.4 is 9.39 Å². The maximum atomic E-state index is 8.69. The van der Waals surface area contributed by atoms with Crippen molar-refractivity contribution in [3.05, 3.63) is 18.6 Å². The summed E-state index contributed by atoms with van der Waals surface area (Å²) in [4.78, 5) is 3.87. The fraction of sp³-hybridized carbons (Fsp3) is 0.143. The molecule has 0 bridgehead atoms. The van der Waals surface area contributed by atoms with Gasteiger partial charge in [0.25, 0.3) is 0 Å². The Morgan fingerprint density at radius 1 is 1.47 bits per heavy atom. The number of hydrogen-bond acceptors (Lipinski definition) is 6. The van der Waals surface area contributed by atoms with Crippen molar-refractivity contribution in [2.75, 3.05) is 7.11 Å². The first kappa shape index (κ1) is 9.75. The molecule has 0 spiro atoms. The lowest BCUT2D eigenvalue weighted by atomic mass is 10.2. The summed E-state index contributed by atoms with van der Waals surface area (Å²) >= 11 is 0. The van der Waals surface area contributed by atoms with Gasteiger partial charge in [0.15, 0.2) is 5.52 Å². The van der Waals surface area contributed by atoms with Crippen molar-refractivity contribution in [1.82, 2.24) is 14.6 Å². The molecule has 0 aliphatic carbocycles. The highest BCUT2D eigenvalue weighted by Gasteiger charge is 2.17. The third kappa shape index (κ3) is 1.72. The average Bonchev–Trinajstić information content (AvgIpc) is 2.61. The summed E-state index contributed by atoms with van der Waals surface area (Å²) in [6.45, 7) is 0. The van der Waals surface area contributed by atoms with Gasteiger partial charge in [0.05, 0.1) is 7.11 Å². The monoisotopic (exact) mass is 209 g/mol. The largest absolute Gasteiger partial charge is 0.707 e. The van der Waals surface area contributed by atoms with E-state index in [-0.39, 0.29) is 5.75 Å². The molecule has 2 aromatic heterocycles. The number of hydrogen-bond donors (Lipinski definition) is 2. The molecular formula is C7H8BN3O4. The van der Waals surface area contributed by atoms with Crippen LogP contribution in [0.3, 0.4) is 0 Å². The number of rotatable bonds is 3. The lowest BCUT2D eigenvalue weighted by Gasteiger charge is -2.05. The molecule has 2 rings (SSSR count). The molecule has 0 saturated carbocycles. The quantitative estimate of drug-likeness (QED) is 0.635. The van der Waals surface area contributed by atoms with Crippen molar-refractivity contribution < 1.29 is 19.4 Å². The Bertz CT molecular complexity index is 472. The van der Waals surface area contributed by atoms with Crippen molar-refractivity contribution in [2.24, 2.45) is 0 Å². The van der Waals surface area contributed by atoms with E-state index in [0.29, 0.717) is 11.4 Å². The zero-order valence-electron chi connectivity index (χ0n) is 7.86. The summed E-state index contributed by atoms with van der Waals surface area (Å²) in [6, 6.07) is 1.53. The summed E-state index contributed by atoms with van der Waals surface area (Å²) in [5.41, 5.74) is 0.438. The van der Waals surface area contributed by atoms with Crippen LogP contribution >= 0.6 is 0 Å². The topological polar surface area (TPSA) is 89.1 Å². The van der Waals surface area contributed by atoms with Crippen LogP contribution in [-0.4, -0.2) is 39.1 Å². The molecule has 2 aromatic rings. The van der Waals surface area contributed by atoms with Gasteiger partial charge in [0.2, 0.25) is 5.88 Å². The Morgan fingerprint density at radius 3 is 2.93 bits per heavy atom. The number of nitrogens with zero attached hydrogens (tertiary/aromatic N) is 3. The van der Waals surface area contributed by atoms with Gasteiger partial charge in [-0.25, -0.2) is 4.52 Å². The van der Waals surface area contributed by atoms with E-state index in [1.807, 2.05) is 0 Å². The number of fused-ring (bicyclic) bond motifs is 1. The summed E-state index contributed by atoms with van der Waals surface area (Å²) < 4.78 is 11.2. The first-order valence-corrected chi connectivity index (χ1v) is 4.11. The Balaban J connectivity index is 2.55. The minimum Gasteiger partial charge on any atom is -0.510 e. The smallest absolute Gasteiger partial charge is 0.510 e. The molecule has 7 nitrogen and oxygen atoms in total. The third-order valence-corrected chi connectivity index (χ3v) is 1.81. The van der Waals surface area contributed by atoms with Crippen LogP contribution in [0.15, 0.2) is 18.6 Å². The maximum absolute atomic E-state index is 8.69. The summed E-state index contributed by atoms with van der Waals surface area (Å²) in [5.74, 6) is 0.535. The molecule has 0 fully saturated rings. The van der Waals surface area contributed by atoms with Gasteiger partial charge in [0, 0.05) is 6.20 Å². The van der Waals surface area contributed by atoms with Gasteiger partial charge in [-0.1, -0.05) is 0 Å². The fourth-order valence-electron chi connectivity index (χ4n) is 1.26. The van der Waals surface area contributed by atoms with Gasteiger partial charge in [-0.05, 0) is 6.07 Å². The second-order valence-electron chi connectivity index (χ2n) is 2.69. The van der Waals surface area contributed by atoms with Gasteiger partial charge < -0.3 is 19.4 Å². The number of methoxy groups -OCH3 is 1. The predicted molar refractivity (Wildman–Crippen MR) is 50.4 cm³/mol. The summed E-state index contributed by atoms with van der Waals surface area (Å²) in [5, 5.41) is 21.3. The third-order valence-electron chi connectivity index (χ3n) is 1.81. The minimum absolute atomic E-state index is 0.238. The van der Waals surface area contributed by atoms with Gasteiger partial charge in [-0.15, -0.1) is 0 Å². The van der Waals surface area contributed by atoms with Crippen LogP contribution in [0.2, 0.25) is 0 Å². The molecule has 0 aliphatic heterocycles. The molecule has 0 unspecified atom stereocenters. The number of ether oxygens (including phenoxy) is 1. The van der Waals surface area contributed by atoms with Crippen molar-refractivity contribution in [3.63, 3.8) is 0 Å². The van der Waals surface area contributed by atoms with E-state index in [4.69, 9.17) is 19.4 Å². The lowest BCUT2D eigenvalue weighted by molar-refractivity contribution is 0.289. The SMILES string of the molecule is COc1ncnn2ccc(OB(O)O)c12. The number of aromatic nitrogens is 3. The molecule has 0 saturated heterocycles. The molecule has 0 aromatic carbocycles. The first-order chi connectivity index (χ1) is 7.22. The van der Waals surface area contributed by atoms with Gasteiger partial charge in [-0.2, -0.15) is 10.1 Å². The maximum Gasteiger partial charge on any atom is 0.707 e. The Hall–Kier alpha value is -1.80. The fourth-order valence-corrected chi connectivity index (χ4v) is 1.26. The summed E-state index contributed by atoms with van der Waals surface area (Å²) in [7, 11) is -0.435. The normalized spacial score (nSPS) is 10.3. The van der Waals surface area contributed by atoms with Crippen LogP contribution in [-0.2, 0) is 0 Å². The molecule has 0 aliphatic rings. The van der Waals surface area contributed by atoms with E-state index < -0.39 is 7.32 Å². The second-order valence-corrected chi connectivity index (χ2v) is 2.69. The van der Waals surface area contributed by atoms with E-state index in [1.54, 1.807) is 6.20 Å². The van der Waals surface area contributed by atoms with E-state index in [2.05, 4.69) is 10.1 Å². The molecule has 0 amide bonds. The highest BCUT2D eigenvalue weighted by Crippen LogP contribution is 2.27. The lowest BCUT2D eigenvalue weighted by Crippen LogP contribution is -2.20. The van der Waals surface area contributed by atoms with Gasteiger partial charge in [0.1, 0.15) is 12.1 Å². The Labute approximate surface area is 85.1 Å². The molecule has 8 heteroatoms. The van der Waals surface area contributed by atoms with Crippen LogP contribution in [0.4, 0.5) is 0 Å². The predicted octanol–water partition coefficient (Wildman–Crippen LogP) is -0.914. The standard InChI is InChI=1S/C7H8BN3O4/c1-14-7-6-5(15-8(12)13)2-3-11(6)10-4-9-7/h2-4,12-13H,1H3. The molecule has 0 radical (unpaired) electrons. The second kappa shape index (κ2) is 3.75. The van der Waals surface area contributed by atoms with Crippen LogP contribution in [0.5, 0.6) is 11.6 Å². The molecule has 78 valence electrons. The summed E-state index contributed by atoms with van der Waals surface area (Å²) in [6.07, 6.45) is 2.92. The highest BCUT2D eigenvalue weighted by molar-refractivity contribution is 6.34.